The molecule has 0 bridgehead atoms. The molecule has 0 saturated carbocycles. The zero-order valence-electron chi connectivity index (χ0n) is 11.6. The van der Waals surface area contributed by atoms with Crippen molar-refractivity contribution in [1.29, 1.82) is 0 Å². The van der Waals surface area contributed by atoms with Gasteiger partial charge in [-0.1, -0.05) is 35.4 Å². The molecule has 2 aromatic carbocycles. The first-order valence-corrected chi connectivity index (χ1v) is 8.08. The zero-order valence-corrected chi connectivity index (χ0v) is 12.5. The molecule has 0 spiro atoms. The monoisotopic (exact) mass is 274 g/mol. The van der Waals surface area contributed by atoms with Crippen LogP contribution < -0.4 is 10.6 Å². The van der Waals surface area contributed by atoms with E-state index in [4.69, 9.17) is 4.52 Å². The van der Waals surface area contributed by atoms with Crippen LogP contribution in [0.5, 0.6) is 0 Å². The fourth-order valence-corrected chi connectivity index (χ4v) is 4.01. The van der Waals surface area contributed by atoms with E-state index in [0.717, 1.165) is 21.7 Å². The van der Waals surface area contributed by atoms with Crippen LogP contribution in [0.3, 0.4) is 0 Å². The number of benzene rings is 2. The molecule has 0 amide bonds. The second-order valence-corrected chi connectivity index (χ2v) is 7.03. The van der Waals surface area contributed by atoms with E-state index < -0.39 is 7.37 Å². The largest absolute Gasteiger partial charge is 0.322 e. The van der Waals surface area contributed by atoms with Crippen LogP contribution in [0.25, 0.3) is 0 Å². The van der Waals surface area contributed by atoms with E-state index in [2.05, 4.69) is 0 Å². The zero-order chi connectivity index (χ0) is 13.9. The minimum Gasteiger partial charge on any atom is -0.322 e. The van der Waals surface area contributed by atoms with Crippen LogP contribution in [0.4, 0.5) is 0 Å². The highest BCUT2D eigenvalue weighted by Gasteiger charge is 2.27. The average Bonchev–Trinajstić information content (AvgIpc) is 2.40. The molecule has 0 unspecified atom stereocenters. The van der Waals surface area contributed by atoms with Gasteiger partial charge in [0.25, 0.3) is 7.37 Å². The van der Waals surface area contributed by atoms with Crippen molar-refractivity contribution in [3.63, 3.8) is 0 Å². The smallest absolute Gasteiger partial charge is 0.261 e. The summed E-state index contributed by atoms with van der Waals surface area (Å²) in [4.78, 5) is 0. The third kappa shape index (κ3) is 2.97. The van der Waals surface area contributed by atoms with Gasteiger partial charge in [-0.25, -0.2) is 0 Å². The highest BCUT2D eigenvalue weighted by molar-refractivity contribution is 7.74. The van der Waals surface area contributed by atoms with Crippen LogP contribution >= 0.6 is 7.37 Å². The molecule has 0 radical (unpaired) electrons. The van der Waals surface area contributed by atoms with Crippen molar-refractivity contribution in [2.45, 2.75) is 20.8 Å². The van der Waals surface area contributed by atoms with E-state index in [1.807, 2.05) is 69.3 Å². The average molecular weight is 274 g/mol. The molecule has 0 aliphatic heterocycles. The predicted octanol–water partition coefficient (Wildman–Crippen LogP) is 3.57. The van der Waals surface area contributed by atoms with E-state index >= 15 is 0 Å². The van der Waals surface area contributed by atoms with Gasteiger partial charge >= 0.3 is 0 Å². The molecule has 0 N–H and O–H groups in total. The summed E-state index contributed by atoms with van der Waals surface area (Å²) < 4.78 is 18.9. The standard InChI is InChI=1S/C16H19O2P/c1-4-18-19(17,15-9-5-13(2)6-10-15)16-11-7-14(3)8-12-16/h5-12H,4H2,1-3H3. The Hall–Kier alpha value is -1.37. The molecular weight excluding hydrogens is 255 g/mol. The highest BCUT2D eigenvalue weighted by Crippen LogP contribution is 2.44. The normalized spacial score (nSPS) is 11.5. The van der Waals surface area contributed by atoms with Gasteiger partial charge in [-0.05, 0) is 45.0 Å². The summed E-state index contributed by atoms with van der Waals surface area (Å²) in [5, 5.41) is 1.51. The van der Waals surface area contributed by atoms with Crippen LogP contribution in [0.1, 0.15) is 18.1 Å². The molecule has 0 aliphatic rings. The van der Waals surface area contributed by atoms with E-state index in [9.17, 15) is 4.57 Å². The number of hydrogen-bond donors (Lipinski definition) is 0. The van der Waals surface area contributed by atoms with Gasteiger partial charge in [0.05, 0.1) is 6.61 Å². The lowest BCUT2D eigenvalue weighted by Crippen LogP contribution is -2.18. The van der Waals surface area contributed by atoms with Gasteiger partial charge in [0.15, 0.2) is 0 Å². The molecule has 2 aromatic rings. The fraction of sp³-hybridized carbons (Fsp3) is 0.250. The van der Waals surface area contributed by atoms with Crippen LogP contribution in [-0.4, -0.2) is 6.61 Å². The first-order valence-electron chi connectivity index (χ1n) is 6.45. The summed E-state index contributed by atoms with van der Waals surface area (Å²) in [6.45, 7) is 6.33. The van der Waals surface area contributed by atoms with Crippen molar-refractivity contribution >= 4 is 18.0 Å². The van der Waals surface area contributed by atoms with Crippen molar-refractivity contribution < 1.29 is 9.09 Å². The molecule has 2 rings (SSSR count). The second kappa shape index (κ2) is 5.73. The number of rotatable bonds is 4. The summed E-state index contributed by atoms with van der Waals surface area (Å²) in [6, 6.07) is 15.4. The molecule has 0 fully saturated rings. The Labute approximate surface area is 114 Å². The SMILES string of the molecule is CCOP(=O)(c1ccc(C)cc1)c1ccc(C)cc1. The van der Waals surface area contributed by atoms with Crippen LogP contribution in [0.15, 0.2) is 48.5 Å². The Morgan fingerprint density at radius 1 is 0.842 bits per heavy atom. The van der Waals surface area contributed by atoms with Crippen LogP contribution in [0, 0.1) is 13.8 Å². The van der Waals surface area contributed by atoms with Gasteiger partial charge in [0.2, 0.25) is 0 Å². The third-order valence-electron chi connectivity index (χ3n) is 3.06. The van der Waals surface area contributed by atoms with Gasteiger partial charge in [0, 0.05) is 10.6 Å². The van der Waals surface area contributed by atoms with Crippen LogP contribution in [0.2, 0.25) is 0 Å². The Balaban J connectivity index is 2.51. The van der Waals surface area contributed by atoms with Crippen molar-refractivity contribution in [2.75, 3.05) is 6.61 Å². The van der Waals surface area contributed by atoms with Gasteiger partial charge < -0.3 is 4.52 Å². The van der Waals surface area contributed by atoms with Crippen molar-refractivity contribution in [2.24, 2.45) is 0 Å². The van der Waals surface area contributed by atoms with Crippen molar-refractivity contribution in [3.05, 3.63) is 59.7 Å². The molecule has 0 aliphatic carbocycles. The number of aryl methyl sites for hydroxylation is 2. The molecule has 0 saturated heterocycles. The first kappa shape index (κ1) is 14.0. The summed E-state index contributed by atoms with van der Waals surface area (Å²) in [5.74, 6) is 0. The Bertz CT molecular complexity index is 536. The predicted molar refractivity (Wildman–Crippen MR) is 80.9 cm³/mol. The molecule has 3 heteroatoms. The molecular formula is C16H19O2P. The number of hydrogen-bond acceptors (Lipinski definition) is 2. The highest BCUT2D eigenvalue weighted by atomic mass is 31.2. The van der Waals surface area contributed by atoms with Gasteiger partial charge in [0.1, 0.15) is 0 Å². The van der Waals surface area contributed by atoms with Gasteiger partial charge in [-0.3, -0.25) is 4.57 Å². The van der Waals surface area contributed by atoms with E-state index in [1.165, 1.54) is 0 Å². The summed E-state index contributed by atoms with van der Waals surface area (Å²) >= 11 is 0. The minimum atomic E-state index is -2.96. The maximum absolute atomic E-state index is 13.2. The molecule has 19 heavy (non-hydrogen) atoms. The molecule has 0 heterocycles. The molecule has 0 atom stereocenters. The first-order chi connectivity index (χ1) is 9.06. The van der Waals surface area contributed by atoms with E-state index in [0.29, 0.717) is 6.61 Å². The summed E-state index contributed by atoms with van der Waals surface area (Å²) in [7, 11) is -2.96. The third-order valence-corrected chi connectivity index (χ3v) is 5.64. The Morgan fingerprint density at radius 3 is 1.53 bits per heavy atom. The summed E-state index contributed by atoms with van der Waals surface area (Å²) in [5.41, 5.74) is 2.30. The van der Waals surface area contributed by atoms with Crippen LogP contribution in [-0.2, 0) is 9.09 Å². The van der Waals surface area contributed by atoms with Gasteiger partial charge in [-0.2, -0.15) is 0 Å². The van der Waals surface area contributed by atoms with E-state index in [-0.39, 0.29) is 0 Å². The quantitative estimate of drug-likeness (QED) is 0.797. The van der Waals surface area contributed by atoms with Crippen molar-refractivity contribution in [3.8, 4) is 0 Å². The maximum atomic E-state index is 13.2. The Kier molecular flexibility index (Phi) is 4.24. The second-order valence-electron chi connectivity index (χ2n) is 4.64. The lowest BCUT2D eigenvalue weighted by atomic mass is 10.2. The lowest BCUT2D eigenvalue weighted by Gasteiger charge is -2.19. The maximum Gasteiger partial charge on any atom is 0.261 e. The Morgan fingerprint density at radius 2 is 1.21 bits per heavy atom. The minimum absolute atomic E-state index is 0.430. The van der Waals surface area contributed by atoms with E-state index in [1.54, 1.807) is 0 Å². The topological polar surface area (TPSA) is 26.3 Å². The summed E-state index contributed by atoms with van der Waals surface area (Å²) in [6.07, 6.45) is 0. The molecule has 2 nitrogen and oxygen atoms in total. The van der Waals surface area contributed by atoms with Gasteiger partial charge in [-0.15, -0.1) is 0 Å². The van der Waals surface area contributed by atoms with Crippen molar-refractivity contribution in [1.82, 2.24) is 0 Å². The lowest BCUT2D eigenvalue weighted by molar-refractivity contribution is 0.348. The fourth-order valence-electron chi connectivity index (χ4n) is 1.96. The molecule has 0 aromatic heterocycles. The molecule has 100 valence electrons.